The van der Waals surface area contributed by atoms with Crippen molar-refractivity contribution in [3.05, 3.63) is 140 Å². The molecule has 1 aromatic heterocycles. The first-order chi connectivity index (χ1) is 19.2. The first-order valence-corrected chi connectivity index (χ1v) is 13.1. The van der Waals surface area contributed by atoms with Gasteiger partial charge in [-0.25, -0.2) is 9.97 Å². The standard InChI is InChI=1S/C36H25N3/c37-29-21-18-25(19-22-29)31-23-20-24-8-4-5-11-30(24)34(31)26-14-16-27(17-15-26)35-32-12-6-7-13-33(32)38-36(39-35)28-9-2-1-3-10-28/h1-23H,37H2. The molecule has 3 nitrogen and oxygen atoms in total. The van der Waals surface area contributed by atoms with Gasteiger partial charge in [-0.1, -0.05) is 121 Å². The van der Waals surface area contributed by atoms with E-state index in [1.807, 2.05) is 42.5 Å². The fourth-order valence-corrected chi connectivity index (χ4v) is 5.29. The Balaban J connectivity index is 1.40. The largest absolute Gasteiger partial charge is 0.399 e. The highest BCUT2D eigenvalue weighted by Gasteiger charge is 2.14. The number of nitrogens with two attached hydrogens (primary N) is 1. The zero-order chi connectivity index (χ0) is 26.2. The van der Waals surface area contributed by atoms with E-state index in [1.165, 1.54) is 21.9 Å². The maximum absolute atomic E-state index is 5.99. The Hall–Kier alpha value is -5.28. The molecule has 0 bridgehead atoms. The van der Waals surface area contributed by atoms with E-state index in [0.29, 0.717) is 0 Å². The van der Waals surface area contributed by atoms with Crippen LogP contribution in [0.5, 0.6) is 0 Å². The van der Waals surface area contributed by atoms with Crippen LogP contribution in [0.3, 0.4) is 0 Å². The summed E-state index contributed by atoms with van der Waals surface area (Å²) in [4.78, 5) is 9.91. The summed E-state index contributed by atoms with van der Waals surface area (Å²) in [5.41, 5.74) is 15.4. The number of anilines is 1. The normalized spacial score (nSPS) is 11.2. The zero-order valence-electron chi connectivity index (χ0n) is 21.3. The fraction of sp³-hybridized carbons (Fsp3) is 0. The van der Waals surface area contributed by atoms with Crippen LogP contribution in [0, 0.1) is 0 Å². The van der Waals surface area contributed by atoms with Crippen molar-refractivity contribution >= 4 is 27.4 Å². The van der Waals surface area contributed by atoms with E-state index >= 15 is 0 Å². The average Bonchev–Trinajstić information content (AvgIpc) is 3.01. The van der Waals surface area contributed by atoms with Gasteiger partial charge in [-0.15, -0.1) is 0 Å². The molecule has 0 aliphatic heterocycles. The number of benzene rings is 6. The molecule has 0 unspecified atom stereocenters. The first kappa shape index (κ1) is 22.9. The molecule has 0 aliphatic carbocycles. The zero-order valence-corrected chi connectivity index (χ0v) is 21.3. The summed E-state index contributed by atoms with van der Waals surface area (Å²) < 4.78 is 0. The highest BCUT2D eigenvalue weighted by molar-refractivity contribution is 6.04. The van der Waals surface area contributed by atoms with Crippen LogP contribution in [0.1, 0.15) is 0 Å². The van der Waals surface area contributed by atoms with Gasteiger partial charge in [-0.05, 0) is 51.2 Å². The van der Waals surface area contributed by atoms with Gasteiger partial charge >= 0.3 is 0 Å². The van der Waals surface area contributed by atoms with Gasteiger partial charge in [0, 0.05) is 22.2 Å². The molecule has 7 aromatic rings. The van der Waals surface area contributed by atoms with Gasteiger partial charge in [0.2, 0.25) is 0 Å². The van der Waals surface area contributed by atoms with Crippen molar-refractivity contribution in [3.8, 4) is 44.9 Å². The molecule has 6 aromatic carbocycles. The predicted octanol–water partition coefficient (Wildman–Crippen LogP) is 9.03. The Morgan fingerprint density at radius 1 is 0.436 bits per heavy atom. The van der Waals surface area contributed by atoms with E-state index in [0.717, 1.165) is 50.4 Å². The molecule has 0 amide bonds. The van der Waals surface area contributed by atoms with Crippen LogP contribution in [0.2, 0.25) is 0 Å². The summed E-state index contributed by atoms with van der Waals surface area (Å²) in [6.45, 7) is 0. The molecule has 0 radical (unpaired) electrons. The molecule has 3 heteroatoms. The predicted molar refractivity (Wildman–Crippen MR) is 163 cm³/mol. The number of nitrogen functional groups attached to an aromatic ring is 1. The Morgan fingerprint density at radius 2 is 1.08 bits per heavy atom. The monoisotopic (exact) mass is 499 g/mol. The number of nitrogens with zero attached hydrogens (tertiary/aromatic N) is 2. The SMILES string of the molecule is Nc1ccc(-c2ccc3ccccc3c2-c2ccc(-c3nc(-c4ccccc4)nc4ccccc34)cc2)cc1. The van der Waals surface area contributed by atoms with E-state index in [-0.39, 0.29) is 0 Å². The molecule has 39 heavy (non-hydrogen) atoms. The Kier molecular flexibility index (Phi) is 5.60. The van der Waals surface area contributed by atoms with Crippen LogP contribution in [-0.4, -0.2) is 9.97 Å². The fourth-order valence-electron chi connectivity index (χ4n) is 5.29. The van der Waals surface area contributed by atoms with Crippen LogP contribution in [-0.2, 0) is 0 Å². The highest BCUT2D eigenvalue weighted by Crippen LogP contribution is 2.39. The van der Waals surface area contributed by atoms with Gasteiger partial charge in [0.15, 0.2) is 5.82 Å². The molecule has 7 rings (SSSR count). The molecule has 0 spiro atoms. The van der Waals surface area contributed by atoms with Crippen LogP contribution in [0.25, 0.3) is 66.6 Å². The Bertz CT molecular complexity index is 1940. The van der Waals surface area contributed by atoms with Gasteiger partial charge in [0.05, 0.1) is 11.2 Å². The molecule has 0 saturated heterocycles. The van der Waals surface area contributed by atoms with Crippen molar-refractivity contribution in [2.24, 2.45) is 0 Å². The van der Waals surface area contributed by atoms with Crippen LogP contribution >= 0.6 is 0 Å². The summed E-state index contributed by atoms with van der Waals surface area (Å²) in [5.74, 6) is 0.730. The van der Waals surface area contributed by atoms with Crippen LogP contribution in [0.15, 0.2) is 140 Å². The van der Waals surface area contributed by atoms with Crippen molar-refractivity contribution in [1.29, 1.82) is 0 Å². The van der Waals surface area contributed by atoms with Crippen LogP contribution < -0.4 is 5.73 Å². The van der Waals surface area contributed by atoms with E-state index < -0.39 is 0 Å². The highest BCUT2D eigenvalue weighted by atomic mass is 14.9. The lowest BCUT2D eigenvalue weighted by Crippen LogP contribution is -1.95. The number of hydrogen-bond donors (Lipinski definition) is 1. The lowest BCUT2D eigenvalue weighted by Gasteiger charge is -2.15. The first-order valence-electron chi connectivity index (χ1n) is 13.1. The van der Waals surface area contributed by atoms with E-state index in [1.54, 1.807) is 0 Å². The quantitative estimate of drug-likeness (QED) is 0.246. The molecule has 1 heterocycles. The van der Waals surface area contributed by atoms with Gasteiger partial charge < -0.3 is 5.73 Å². The summed E-state index contributed by atoms with van der Waals surface area (Å²) >= 11 is 0. The van der Waals surface area contributed by atoms with E-state index in [4.69, 9.17) is 15.7 Å². The number of aromatic nitrogens is 2. The second-order valence-electron chi connectivity index (χ2n) is 9.69. The van der Waals surface area contributed by atoms with Gasteiger partial charge in [-0.2, -0.15) is 0 Å². The van der Waals surface area contributed by atoms with Crippen molar-refractivity contribution < 1.29 is 0 Å². The Morgan fingerprint density at radius 3 is 1.87 bits per heavy atom. The van der Waals surface area contributed by atoms with Gasteiger partial charge in [-0.3, -0.25) is 0 Å². The number of rotatable bonds is 4. The number of para-hydroxylation sites is 1. The van der Waals surface area contributed by atoms with Crippen molar-refractivity contribution in [1.82, 2.24) is 9.97 Å². The average molecular weight is 500 g/mol. The third kappa shape index (κ3) is 4.20. The van der Waals surface area contributed by atoms with Crippen molar-refractivity contribution in [2.75, 3.05) is 5.73 Å². The molecule has 0 aliphatic rings. The lowest BCUT2D eigenvalue weighted by atomic mass is 9.89. The third-order valence-corrected chi connectivity index (χ3v) is 7.23. The lowest BCUT2D eigenvalue weighted by molar-refractivity contribution is 1.23. The molecule has 184 valence electrons. The third-order valence-electron chi connectivity index (χ3n) is 7.23. The summed E-state index contributed by atoms with van der Waals surface area (Å²) in [6, 6.07) is 48.2. The molecular formula is C36H25N3. The molecule has 0 atom stereocenters. The smallest absolute Gasteiger partial charge is 0.160 e. The van der Waals surface area contributed by atoms with E-state index in [9.17, 15) is 0 Å². The minimum absolute atomic E-state index is 0.730. The number of fused-ring (bicyclic) bond motifs is 2. The van der Waals surface area contributed by atoms with E-state index in [2.05, 4.69) is 97.1 Å². The topological polar surface area (TPSA) is 51.8 Å². The van der Waals surface area contributed by atoms with Crippen molar-refractivity contribution in [3.63, 3.8) is 0 Å². The molecule has 0 fully saturated rings. The number of hydrogen-bond acceptors (Lipinski definition) is 3. The minimum atomic E-state index is 0.730. The molecule has 0 saturated carbocycles. The van der Waals surface area contributed by atoms with Gasteiger partial charge in [0.25, 0.3) is 0 Å². The minimum Gasteiger partial charge on any atom is -0.399 e. The summed E-state index contributed by atoms with van der Waals surface area (Å²) in [6.07, 6.45) is 0. The Labute approximate surface area is 227 Å². The second-order valence-corrected chi connectivity index (χ2v) is 9.69. The van der Waals surface area contributed by atoms with Crippen LogP contribution in [0.4, 0.5) is 5.69 Å². The molecular weight excluding hydrogens is 474 g/mol. The second kappa shape index (κ2) is 9.55. The maximum atomic E-state index is 5.99. The molecule has 2 N–H and O–H groups in total. The van der Waals surface area contributed by atoms with Gasteiger partial charge in [0.1, 0.15) is 0 Å². The summed E-state index contributed by atoms with van der Waals surface area (Å²) in [5, 5.41) is 3.47. The maximum Gasteiger partial charge on any atom is 0.160 e. The summed E-state index contributed by atoms with van der Waals surface area (Å²) in [7, 11) is 0. The van der Waals surface area contributed by atoms with Crippen molar-refractivity contribution in [2.45, 2.75) is 0 Å².